The van der Waals surface area contributed by atoms with Gasteiger partial charge in [-0.15, -0.1) is 0 Å². The first-order chi connectivity index (χ1) is 16.2. The number of hydrogen-bond acceptors (Lipinski definition) is 5. The Kier molecular flexibility index (Phi) is 6.02. The standard InChI is InChI=1S/C25H23FN4O4/c1-15-12-29(14-27-15)21-10-7-18(11-22(21)34-4)23(31)20-13-28(3)25(33)30(24(20)32)16(2)17-5-8-19(26)9-6-17/h5-14,16H,1-4H3. The zero-order valence-corrected chi connectivity index (χ0v) is 19.2. The maximum Gasteiger partial charge on any atom is 0.331 e. The number of methoxy groups -OCH3 is 1. The Labute approximate surface area is 194 Å². The molecule has 0 N–H and O–H groups in total. The van der Waals surface area contributed by atoms with E-state index in [2.05, 4.69) is 4.98 Å². The van der Waals surface area contributed by atoms with Gasteiger partial charge in [0, 0.05) is 25.0 Å². The second kappa shape index (κ2) is 8.93. The van der Waals surface area contributed by atoms with E-state index in [9.17, 15) is 18.8 Å². The summed E-state index contributed by atoms with van der Waals surface area (Å²) in [6.45, 7) is 3.51. The monoisotopic (exact) mass is 462 g/mol. The summed E-state index contributed by atoms with van der Waals surface area (Å²) in [5.74, 6) is -0.552. The highest BCUT2D eigenvalue weighted by Gasteiger charge is 2.22. The number of benzene rings is 2. The molecule has 1 unspecified atom stereocenters. The van der Waals surface area contributed by atoms with E-state index in [4.69, 9.17) is 4.74 Å². The normalized spacial score (nSPS) is 11.9. The highest BCUT2D eigenvalue weighted by molar-refractivity contribution is 6.09. The van der Waals surface area contributed by atoms with Gasteiger partial charge in [-0.1, -0.05) is 12.1 Å². The van der Waals surface area contributed by atoms with Crippen LogP contribution in [0.5, 0.6) is 5.75 Å². The van der Waals surface area contributed by atoms with Crippen molar-refractivity contribution < 1.29 is 13.9 Å². The van der Waals surface area contributed by atoms with Crippen LogP contribution in [0.4, 0.5) is 4.39 Å². The van der Waals surface area contributed by atoms with Gasteiger partial charge in [-0.2, -0.15) is 0 Å². The molecular formula is C25H23FN4O4. The lowest BCUT2D eigenvalue weighted by Gasteiger charge is -2.17. The molecule has 4 rings (SSSR count). The Bertz CT molecular complexity index is 1500. The SMILES string of the molecule is COc1cc(C(=O)c2cn(C)c(=O)n(C(C)c3ccc(F)cc3)c2=O)ccc1-n1cnc(C)c1. The minimum atomic E-state index is -0.724. The number of hydrogen-bond donors (Lipinski definition) is 0. The van der Waals surface area contributed by atoms with Crippen LogP contribution in [0.2, 0.25) is 0 Å². The van der Waals surface area contributed by atoms with Crippen LogP contribution in [-0.2, 0) is 7.05 Å². The molecule has 34 heavy (non-hydrogen) atoms. The lowest BCUT2D eigenvalue weighted by Crippen LogP contribution is -2.43. The second-order valence-corrected chi connectivity index (χ2v) is 7.98. The van der Waals surface area contributed by atoms with Gasteiger partial charge in [-0.05, 0) is 49.7 Å². The number of carbonyl (C=O) groups is 1. The molecular weight excluding hydrogens is 439 g/mol. The Balaban J connectivity index is 1.79. The Morgan fingerprint density at radius 1 is 1.09 bits per heavy atom. The van der Waals surface area contributed by atoms with Crippen molar-refractivity contribution in [1.29, 1.82) is 0 Å². The molecule has 8 nitrogen and oxygen atoms in total. The number of aromatic nitrogens is 4. The molecule has 9 heteroatoms. The molecule has 2 aromatic carbocycles. The van der Waals surface area contributed by atoms with E-state index in [0.29, 0.717) is 17.0 Å². The fraction of sp³-hybridized carbons (Fsp3) is 0.200. The highest BCUT2D eigenvalue weighted by atomic mass is 19.1. The molecule has 0 spiro atoms. The second-order valence-electron chi connectivity index (χ2n) is 7.98. The van der Waals surface area contributed by atoms with E-state index in [0.717, 1.165) is 10.3 Å². The lowest BCUT2D eigenvalue weighted by atomic mass is 10.0. The van der Waals surface area contributed by atoms with Crippen LogP contribution in [0.25, 0.3) is 5.69 Å². The molecule has 2 heterocycles. The molecule has 0 aliphatic rings. The van der Waals surface area contributed by atoms with Crippen molar-refractivity contribution in [1.82, 2.24) is 18.7 Å². The number of imidazole rings is 1. The molecule has 0 amide bonds. The van der Waals surface area contributed by atoms with Gasteiger partial charge in [0.05, 0.1) is 30.9 Å². The van der Waals surface area contributed by atoms with E-state index in [1.165, 1.54) is 49.2 Å². The smallest absolute Gasteiger partial charge is 0.331 e. The van der Waals surface area contributed by atoms with E-state index < -0.39 is 28.9 Å². The van der Waals surface area contributed by atoms with Crippen molar-refractivity contribution in [3.05, 3.63) is 110 Å². The fourth-order valence-electron chi connectivity index (χ4n) is 3.82. The van der Waals surface area contributed by atoms with Crippen molar-refractivity contribution in [2.45, 2.75) is 19.9 Å². The maximum absolute atomic E-state index is 13.4. The summed E-state index contributed by atoms with van der Waals surface area (Å²) in [6.07, 6.45) is 4.69. The van der Waals surface area contributed by atoms with Crippen LogP contribution >= 0.6 is 0 Å². The van der Waals surface area contributed by atoms with Crippen molar-refractivity contribution >= 4 is 5.78 Å². The maximum atomic E-state index is 13.4. The molecule has 1 atom stereocenters. The van der Waals surface area contributed by atoms with Gasteiger partial charge < -0.3 is 13.9 Å². The lowest BCUT2D eigenvalue weighted by molar-refractivity contribution is 0.103. The van der Waals surface area contributed by atoms with Crippen LogP contribution in [-0.4, -0.2) is 31.6 Å². The first-order valence-corrected chi connectivity index (χ1v) is 10.5. The zero-order chi connectivity index (χ0) is 24.6. The molecule has 0 aliphatic heterocycles. The summed E-state index contributed by atoms with van der Waals surface area (Å²) < 4.78 is 22.8. The van der Waals surface area contributed by atoms with Gasteiger partial charge >= 0.3 is 5.69 Å². The van der Waals surface area contributed by atoms with Crippen molar-refractivity contribution in [3.8, 4) is 11.4 Å². The van der Waals surface area contributed by atoms with E-state index in [1.807, 2.05) is 13.1 Å². The van der Waals surface area contributed by atoms with Crippen LogP contribution in [0, 0.1) is 12.7 Å². The quantitative estimate of drug-likeness (QED) is 0.411. The number of carbonyl (C=O) groups excluding carboxylic acids is 1. The minimum absolute atomic E-state index is 0.163. The molecule has 0 fully saturated rings. The number of ether oxygens (including phenoxy) is 1. The first kappa shape index (κ1) is 22.9. The summed E-state index contributed by atoms with van der Waals surface area (Å²) in [6, 6.07) is 9.65. The van der Waals surface area contributed by atoms with Gasteiger partial charge in [-0.3, -0.25) is 14.2 Å². The third kappa shape index (κ3) is 4.07. The zero-order valence-electron chi connectivity index (χ0n) is 19.2. The van der Waals surface area contributed by atoms with E-state index in [-0.39, 0.29) is 11.1 Å². The molecule has 0 aliphatic carbocycles. The highest BCUT2D eigenvalue weighted by Crippen LogP contribution is 2.25. The average molecular weight is 462 g/mol. The van der Waals surface area contributed by atoms with E-state index >= 15 is 0 Å². The van der Waals surface area contributed by atoms with Gasteiger partial charge in [0.15, 0.2) is 5.78 Å². The number of nitrogens with zero attached hydrogens (tertiary/aromatic N) is 4. The summed E-state index contributed by atoms with van der Waals surface area (Å²) in [5, 5.41) is 0. The Hall–Kier alpha value is -4.27. The summed E-state index contributed by atoms with van der Waals surface area (Å²) in [5.41, 5.74) is 0.830. The number of halogens is 1. The molecule has 174 valence electrons. The van der Waals surface area contributed by atoms with Gasteiger partial charge in [0.2, 0.25) is 0 Å². The predicted molar refractivity (Wildman–Crippen MR) is 124 cm³/mol. The third-order valence-corrected chi connectivity index (χ3v) is 5.70. The molecule has 0 radical (unpaired) electrons. The largest absolute Gasteiger partial charge is 0.495 e. The van der Waals surface area contributed by atoms with Crippen LogP contribution < -0.4 is 16.0 Å². The number of rotatable bonds is 6. The van der Waals surface area contributed by atoms with Crippen molar-refractivity contribution in [2.75, 3.05) is 7.11 Å². The number of aryl methyl sites for hydroxylation is 2. The predicted octanol–water partition coefficient (Wildman–Crippen LogP) is 3.03. The van der Waals surface area contributed by atoms with Crippen LogP contribution in [0.15, 0.2) is 70.8 Å². The molecule has 0 saturated carbocycles. The topological polar surface area (TPSA) is 88.1 Å². The number of ketones is 1. The van der Waals surface area contributed by atoms with Gasteiger partial charge in [0.25, 0.3) is 5.56 Å². The van der Waals surface area contributed by atoms with Crippen LogP contribution in [0.1, 0.15) is 40.1 Å². The summed E-state index contributed by atoms with van der Waals surface area (Å²) >= 11 is 0. The first-order valence-electron chi connectivity index (χ1n) is 10.5. The summed E-state index contributed by atoms with van der Waals surface area (Å²) in [7, 11) is 2.96. The molecule has 0 saturated heterocycles. The molecule has 2 aromatic heterocycles. The molecule has 4 aromatic rings. The fourth-order valence-corrected chi connectivity index (χ4v) is 3.82. The van der Waals surface area contributed by atoms with E-state index in [1.54, 1.807) is 36.0 Å². The van der Waals surface area contributed by atoms with Crippen molar-refractivity contribution in [3.63, 3.8) is 0 Å². The minimum Gasteiger partial charge on any atom is -0.495 e. The summed E-state index contributed by atoms with van der Waals surface area (Å²) in [4.78, 5) is 43.6. The Morgan fingerprint density at radius 3 is 2.41 bits per heavy atom. The van der Waals surface area contributed by atoms with Crippen molar-refractivity contribution in [2.24, 2.45) is 7.05 Å². The van der Waals surface area contributed by atoms with Crippen LogP contribution in [0.3, 0.4) is 0 Å². The van der Waals surface area contributed by atoms with Gasteiger partial charge in [0.1, 0.15) is 17.1 Å². The molecule has 0 bridgehead atoms. The third-order valence-electron chi connectivity index (χ3n) is 5.70. The Morgan fingerprint density at radius 2 is 1.79 bits per heavy atom. The average Bonchev–Trinajstić information content (AvgIpc) is 3.27. The van der Waals surface area contributed by atoms with Gasteiger partial charge in [-0.25, -0.2) is 14.2 Å².